The number of halogens is 2. The van der Waals surface area contributed by atoms with Crippen LogP contribution in [0.2, 0.25) is 0 Å². The largest absolute Gasteiger partial charge is 0.477 e. The van der Waals surface area contributed by atoms with E-state index in [4.69, 9.17) is 0 Å². The van der Waals surface area contributed by atoms with E-state index < -0.39 is 23.0 Å². The maximum Gasteiger partial charge on any atom is 0.341 e. The van der Waals surface area contributed by atoms with E-state index in [1.165, 1.54) is 10.8 Å². The highest BCUT2D eigenvalue weighted by atomic mass is 19.2. The van der Waals surface area contributed by atoms with Gasteiger partial charge in [0.25, 0.3) is 0 Å². The van der Waals surface area contributed by atoms with Crippen LogP contribution in [0.25, 0.3) is 44.1 Å². The summed E-state index contributed by atoms with van der Waals surface area (Å²) in [4.78, 5) is 38.9. The fourth-order valence-electron chi connectivity index (χ4n) is 5.23. The topological polar surface area (TPSA) is 128 Å². The highest BCUT2D eigenvalue weighted by Crippen LogP contribution is 2.43. The van der Waals surface area contributed by atoms with Crippen LogP contribution < -0.4 is 21.0 Å². The molecule has 0 saturated carbocycles. The molecule has 5 aromatic rings. The second-order valence-electron chi connectivity index (χ2n) is 9.21. The third-order valence-corrected chi connectivity index (χ3v) is 7.02. The zero-order valence-corrected chi connectivity index (χ0v) is 20.5. The Hall–Kier alpha value is -4.58. The Kier molecular flexibility index (Phi) is 5.49. The lowest BCUT2D eigenvalue weighted by molar-refractivity contribution is 0.0695. The molecular weight excluding hydrogens is 496 g/mol. The number of carboxylic acid groups (broad SMARTS) is 1. The first-order valence-corrected chi connectivity index (χ1v) is 12.0. The molecule has 194 valence electrons. The van der Waals surface area contributed by atoms with Gasteiger partial charge in [0.2, 0.25) is 5.43 Å². The van der Waals surface area contributed by atoms with Gasteiger partial charge < -0.3 is 30.2 Å². The van der Waals surface area contributed by atoms with Gasteiger partial charge in [-0.2, -0.15) is 0 Å². The molecule has 0 bridgehead atoms. The Balaban J connectivity index is 1.72. The quantitative estimate of drug-likeness (QED) is 0.285. The number of piperazine rings is 1. The van der Waals surface area contributed by atoms with Crippen molar-refractivity contribution in [3.05, 3.63) is 58.1 Å². The van der Waals surface area contributed by atoms with Crippen molar-refractivity contribution in [3.63, 3.8) is 0 Å². The fraction of sp³-hybridized carbons (Fsp3) is 0.231. The number of aromatic carboxylic acids is 1. The molecule has 0 amide bonds. The third-order valence-electron chi connectivity index (χ3n) is 7.02. The van der Waals surface area contributed by atoms with Gasteiger partial charge in [-0.1, -0.05) is 0 Å². The third kappa shape index (κ3) is 3.48. The first-order valence-electron chi connectivity index (χ1n) is 12.0. The molecule has 1 fully saturated rings. The van der Waals surface area contributed by atoms with Crippen LogP contribution in [-0.4, -0.2) is 63.8 Å². The van der Waals surface area contributed by atoms with Crippen molar-refractivity contribution in [2.75, 3.05) is 43.4 Å². The van der Waals surface area contributed by atoms with E-state index in [0.717, 1.165) is 6.07 Å². The molecule has 1 aromatic carbocycles. The summed E-state index contributed by atoms with van der Waals surface area (Å²) in [5.41, 5.74) is 2.14. The van der Waals surface area contributed by atoms with Gasteiger partial charge >= 0.3 is 5.97 Å². The Morgan fingerprint density at radius 1 is 1.13 bits per heavy atom. The van der Waals surface area contributed by atoms with Crippen LogP contribution in [0.4, 0.5) is 20.2 Å². The predicted octanol–water partition coefficient (Wildman–Crippen LogP) is 3.06. The summed E-state index contributed by atoms with van der Waals surface area (Å²) in [6.45, 7) is 2.56. The van der Waals surface area contributed by atoms with Crippen molar-refractivity contribution in [2.24, 2.45) is 7.05 Å². The normalized spacial score (nSPS) is 14.1. The van der Waals surface area contributed by atoms with Crippen molar-refractivity contribution in [3.8, 4) is 11.1 Å². The van der Waals surface area contributed by atoms with Crippen LogP contribution in [-0.2, 0) is 7.05 Å². The molecule has 4 aromatic heterocycles. The monoisotopic (exact) mass is 519 g/mol. The number of H-pyrrole nitrogens is 1. The van der Waals surface area contributed by atoms with Crippen molar-refractivity contribution in [1.29, 1.82) is 0 Å². The van der Waals surface area contributed by atoms with Crippen LogP contribution in [0.1, 0.15) is 10.4 Å². The molecule has 38 heavy (non-hydrogen) atoms. The molecule has 1 aliphatic rings. The number of fused-ring (bicyclic) bond motifs is 4. The fourth-order valence-corrected chi connectivity index (χ4v) is 5.23. The van der Waals surface area contributed by atoms with E-state index in [9.17, 15) is 19.1 Å². The number of hydrogen-bond donors (Lipinski definition) is 4. The van der Waals surface area contributed by atoms with Crippen molar-refractivity contribution < 1.29 is 18.7 Å². The number of nitrogens with one attached hydrogen (secondary N) is 3. The highest BCUT2D eigenvalue weighted by Gasteiger charge is 2.26. The minimum Gasteiger partial charge on any atom is -0.477 e. The maximum atomic E-state index is 15.4. The molecule has 1 aliphatic heterocycles. The second-order valence-corrected chi connectivity index (χ2v) is 9.21. The molecule has 0 spiro atoms. The van der Waals surface area contributed by atoms with Gasteiger partial charge in [-0.05, 0) is 6.07 Å². The zero-order chi connectivity index (χ0) is 26.7. The average molecular weight is 520 g/mol. The van der Waals surface area contributed by atoms with Crippen LogP contribution >= 0.6 is 0 Å². The van der Waals surface area contributed by atoms with E-state index in [0.29, 0.717) is 70.9 Å². The van der Waals surface area contributed by atoms with E-state index >= 15 is 4.39 Å². The second kappa shape index (κ2) is 8.77. The van der Waals surface area contributed by atoms with Crippen LogP contribution in [0.3, 0.4) is 0 Å². The number of aryl methyl sites for hydroxylation is 1. The van der Waals surface area contributed by atoms with E-state index in [-0.39, 0.29) is 16.3 Å². The van der Waals surface area contributed by atoms with Gasteiger partial charge in [-0.25, -0.2) is 23.5 Å². The van der Waals surface area contributed by atoms with Gasteiger partial charge in [0, 0.05) is 76.1 Å². The maximum absolute atomic E-state index is 15.4. The molecule has 0 atom stereocenters. The van der Waals surface area contributed by atoms with E-state index in [2.05, 4.69) is 30.5 Å². The van der Waals surface area contributed by atoms with Gasteiger partial charge in [0.15, 0.2) is 11.6 Å². The summed E-state index contributed by atoms with van der Waals surface area (Å²) in [5.74, 6) is -3.31. The van der Waals surface area contributed by atoms with Gasteiger partial charge in [-0.3, -0.25) is 4.79 Å². The minimum absolute atomic E-state index is 0.0741. The number of pyridine rings is 3. The van der Waals surface area contributed by atoms with Crippen molar-refractivity contribution in [1.82, 2.24) is 24.8 Å². The zero-order valence-electron chi connectivity index (χ0n) is 20.5. The number of carboxylic acids is 1. The first-order chi connectivity index (χ1) is 18.3. The standard InChI is InChI=1S/C26H23F2N7O3/c1-29-17-8-16(27)20(28)18-19-22(35-5-3-30-4-6-35)14(10-31-24(19)33-21(17)18)12-7-13-23(36)15(26(37)38)11-34(2)25(13)32-9-12/h7-11,29-30H,3-6H2,1-2H3,(H,31,33)(H,37,38). The molecule has 12 heteroatoms. The first kappa shape index (κ1) is 23.8. The number of nitrogens with zero attached hydrogens (tertiary/aromatic N) is 4. The minimum atomic E-state index is -1.33. The van der Waals surface area contributed by atoms with E-state index in [1.54, 1.807) is 32.6 Å². The highest BCUT2D eigenvalue weighted by molar-refractivity contribution is 6.18. The number of rotatable bonds is 4. The molecule has 0 radical (unpaired) electrons. The number of anilines is 2. The number of aromatic nitrogens is 4. The predicted molar refractivity (Wildman–Crippen MR) is 141 cm³/mol. The smallest absolute Gasteiger partial charge is 0.341 e. The van der Waals surface area contributed by atoms with Crippen LogP contribution in [0, 0.1) is 11.6 Å². The summed E-state index contributed by atoms with van der Waals surface area (Å²) in [5, 5.41) is 16.3. The summed E-state index contributed by atoms with van der Waals surface area (Å²) < 4.78 is 31.6. The lowest BCUT2D eigenvalue weighted by Gasteiger charge is -2.31. The Labute approximate surface area is 213 Å². The molecule has 1 saturated heterocycles. The van der Waals surface area contributed by atoms with E-state index in [1.807, 2.05) is 0 Å². The van der Waals surface area contributed by atoms with Crippen LogP contribution in [0.5, 0.6) is 0 Å². The summed E-state index contributed by atoms with van der Waals surface area (Å²) >= 11 is 0. The van der Waals surface area contributed by atoms with Gasteiger partial charge in [0.05, 0.1) is 33.1 Å². The van der Waals surface area contributed by atoms with Gasteiger partial charge in [0.1, 0.15) is 16.9 Å². The van der Waals surface area contributed by atoms with Gasteiger partial charge in [-0.15, -0.1) is 0 Å². The van der Waals surface area contributed by atoms with Crippen molar-refractivity contribution >= 4 is 50.3 Å². The average Bonchev–Trinajstić information content (AvgIpc) is 3.32. The van der Waals surface area contributed by atoms with Crippen molar-refractivity contribution in [2.45, 2.75) is 0 Å². The molecular formula is C26H23F2N7O3. The number of hydrogen-bond acceptors (Lipinski definition) is 7. The Morgan fingerprint density at radius 2 is 1.89 bits per heavy atom. The molecule has 5 heterocycles. The molecule has 0 aliphatic carbocycles. The molecule has 4 N–H and O–H groups in total. The SMILES string of the molecule is CNc1cc(F)c(F)c2c1[nH]c1ncc(-c3cnc4c(c3)c(=O)c(C(=O)O)cn4C)c(N3CCNCC3)c12. The number of aromatic amines is 1. The van der Waals surface area contributed by atoms with Crippen LogP contribution in [0.15, 0.2) is 35.5 Å². The lowest BCUT2D eigenvalue weighted by Crippen LogP contribution is -2.43. The molecule has 0 unspecified atom stereocenters. The molecule has 10 nitrogen and oxygen atoms in total. The lowest BCUT2D eigenvalue weighted by atomic mass is 10.0. The summed E-state index contributed by atoms with van der Waals surface area (Å²) in [6, 6.07) is 2.68. The number of benzene rings is 1. The Bertz CT molecular complexity index is 1840. The molecule has 6 rings (SSSR count). The summed E-state index contributed by atoms with van der Waals surface area (Å²) in [6.07, 6.45) is 4.42. The number of carbonyl (C=O) groups is 1. The summed E-state index contributed by atoms with van der Waals surface area (Å²) in [7, 11) is 3.24. The Morgan fingerprint density at radius 3 is 2.61 bits per heavy atom.